The highest BCUT2D eigenvalue weighted by molar-refractivity contribution is 5.96. The molecule has 0 spiro atoms. The van der Waals surface area contributed by atoms with E-state index in [-0.39, 0.29) is 29.3 Å². The number of amides is 1. The fourth-order valence-electron chi connectivity index (χ4n) is 2.86. The summed E-state index contributed by atoms with van der Waals surface area (Å²) in [5.41, 5.74) is 1.27. The summed E-state index contributed by atoms with van der Waals surface area (Å²) in [6, 6.07) is 17.0. The minimum Gasteiger partial charge on any atom is -0.508 e. The molecular formula is C22H18N2O5. The molecule has 0 saturated heterocycles. The largest absolute Gasteiger partial charge is 0.508 e. The molecule has 2 aromatic heterocycles. The summed E-state index contributed by atoms with van der Waals surface area (Å²) in [7, 11) is 1.54. The van der Waals surface area contributed by atoms with Gasteiger partial charge in [0.2, 0.25) is 5.55 Å². The lowest BCUT2D eigenvalue weighted by Crippen LogP contribution is -2.28. The second-order valence-corrected chi connectivity index (χ2v) is 6.23. The molecule has 0 radical (unpaired) electrons. The van der Waals surface area contributed by atoms with Crippen LogP contribution in [0.25, 0.3) is 11.0 Å². The Morgan fingerprint density at radius 3 is 2.79 bits per heavy atom. The van der Waals surface area contributed by atoms with E-state index in [2.05, 4.69) is 10.3 Å². The minimum absolute atomic E-state index is 0.0551. The summed E-state index contributed by atoms with van der Waals surface area (Å²) >= 11 is 0. The molecule has 1 amide bonds. The standard InChI is InChI=1S/C22H18N2O5/c1-27-19-7-3-2-6-18(19)24-22-17(21(26)23-13-16-5-4-10-28-16)11-14-8-9-15(25)12-20(14)29-22/h2-12,25H,13H2,1H3,(H,23,26). The third kappa shape index (κ3) is 3.98. The number of phenolic OH excluding ortho intramolecular Hbond substituents is 1. The maximum atomic E-state index is 12.9. The molecule has 2 heterocycles. The van der Waals surface area contributed by atoms with Gasteiger partial charge in [-0.2, -0.15) is 0 Å². The molecule has 4 rings (SSSR count). The number of fused-ring (bicyclic) bond motifs is 1. The normalized spacial score (nSPS) is 11.6. The van der Waals surface area contributed by atoms with Gasteiger partial charge in [0.15, 0.2) is 0 Å². The van der Waals surface area contributed by atoms with E-state index in [0.29, 0.717) is 28.2 Å². The van der Waals surface area contributed by atoms with Crippen LogP contribution in [0.15, 0.2) is 80.8 Å². The Morgan fingerprint density at radius 2 is 2.00 bits per heavy atom. The van der Waals surface area contributed by atoms with Gasteiger partial charge < -0.3 is 24.0 Å². The predicted molar refractivity (Wildman–Crippen MR) is 106 cm³/mol. The Bertz CT molecular complexity index is 1230. The fraction of sp³-hybridized carbons (Fsp3) is 0.0909. The first kappa shape index (κ1) is 18.4. The van der Waals surface area contributed by atoms with E-state index >= 15 is 0 Å². The highest BCUT2D eigenvalue weighted by Gasteiger charge is 2.14. The Morgan fingerprint density at radius 1 is 1.14 bits per heavy atom. The zero-order valence-corrected chi connectivity index (χ0v) is 15.6. The van der Waals surface area contributed by atoms with Crippen LogP contribution in [0, 0.1) is 0 Å². The minimum atomic E-state index is -0.367. The van der Waals surface area contributed by atoms with Crippen LogP contribution in [0.4, 0.5) is 5.69 Å². The van der Waals surface area contributed by atoms with Crippen molar-refractivity contribution in [3.63, 3.8) is 0 Å². The van der Waals surface area contributed by atoms with Crippen molar-refractivity contribution in [3.05, 3.63) is 83.8 Å². The number of hydrogen-bond acceptors (Lipinski definition) is 6. The maximum Gasteiger partial charge on any atom is 0.257 e. The highest BCUT2D eigenvalue weighted by atomic mass is 16.5. The molecule has 0 saturated carbocycles. The number of ether oxygens (including phenoxy) is 1. The van der Waals surface area contributed by atoms with E-state index in [1.807, 2.05) is 12.1 Å². The molecule has 7 heteroatoms. The van der Waals surface area contributed by atoms with Gasteiger partial charge in [0.05, 0.1) is 19.9 Å². The Kier molecular flexibility index (Phi) is 5.03. The van der Waals surface area contributed by atoms with Crippen LogP contribution >= 0.6 is 0 Å². The summed E-state index contributed by atoms with van der Waals surface area (Å²) in [5.74, 6) is 0.859. The molecular weight excluding hydrogens is 372 g/mol. The number of aromatic hydroxyl groups is 1. The zero-order chi connectivity index (χ0) is 20.2. The summed E-state index contributed by atoms with van der Waals surface area (Å²) in [5, 5.41) is 13.2. The van der Waals surface area contributed by atoms with E-state index in [0.717, 1.165) is 0 Å². The molecule has 4 aromatic rings. The lowest BCUT2D eigenvalue weighted by molar-refractivity contribution is 0.0944. The number of para-hydroxylation sites is 2. The van der Waals surface area contributed by atoms with E-state index in [4.69, 9.17) is 13.6 Å². The molecule has 29 heavy (non-hydrogen) atoms. The first-order valence-electron chi connectivity index (χ1n) is 8.89. The van der Waals surface area contributed by atoms with E-state index < -0.39 is 0 Å². The van der Waals surface area contributed by atoms with E-state index in [1.54, 1.807) is 49.8 Å². The predicted octanol–water partition coefficient (Wildman–Crippen LogP) is 3.90. The fourth-order valence-corrected chi connectivity index (χ4v) is 2.86. The molecule has 7 nitrogen and oxygen atoms in total. The number of hydrogen-bond donors (Lipinski definition) is 2. The molecule has 0 fully saturated rings. The smallest absolute Gasteiger partial charge is 0.257 e. The van der Waals surface area contributed by atoms with Crippen LogP contribution < -0.4 is 15.6 Å². The molecule has 0 aliphatic heterocycles. The maximum absolute atomic E-state index is 12.9. The van der Waals surface area contributed by atoms with Gasteiger partial charge in [0.25, 0.3) is 5.91 Å². The number of furan rings is 1. The van der Waals surface area contributed by atoms with Gasteiger partial charge in [-0.25, -0.2) is 4.99 Å². The van der Waals surface area contributed by atoms with Crippen LogP contribution in [0.3, 0.4) is 0 Å². The second kappa shape index (κ2) is 7.93. The van der Waals surface area contributed by atoms with Gasteiger partial charge in [-0.15, -0.1) is 0 Å². The third-order valence-electron chi connectivity index (χ3n) is 4.29. The van der Waals surface area contributed by atoms with Gasteiger partial charge in [-0.3, -0.25) is 4.79 Å². The van der Waals surface area contributed by atoms with E-state index in [1.165, 1.54) is 12.1 Å². The number of nitrogens with one attached hydrogen (secondary N) is 1. The van der Waals surface area contributed by atoms with Crippen molar-refractivity contribution in [2.75, 3.05) is 7.11 Å². The molecule has 0 bridgehead atoms. The van der Waals surface area contributed by atoms with Crippen molar-refractivity contribution in [2.24, 2.45) is 4.99 Å². The number of benzene rings is 2. The van der Waals surface area contributed by atoms with Crippen molar-refractivity contribution in [1.82, 2.24) is 5.32 Å². The number of carbonyl (C=O) groups is 1. The SMILES string of the molecule is COc1ccccc1N=c1oc2cc(O)ccc2cc1C(=O)NCc1ccco1. The van der Waals surface area contributed by atoms with Crippen LogP contribution in [0.2, 0.25) is 0 Å². The first-order chi connectivity index (χ1) is 14.1. The average molecular weight is 390 g/mol. The summed E-state index contributed by atoms with van der Waals surface area (Å²) in [6.07, 6.45) is 1.54. The van der Waals surface area contributed by atoms with Crippen molar-refractivity contribution in [1.29, 1.82) is 0 Å². The lowest BCUT2D eigenvalue weighted by Gasteiger charge is -2.07. The van der Waals surface area contributed by atoms with Gasteiger partial charge >= 0.3 is 0 Å². The molecule has 0 aliphatic rings. The second-order valence-electron chi connectivity index (χ2n) is 6.23. The van der Waals surface area contributed by atoms with Crippen molar-refractivity contribution in [2.45, 2.75) is 6.54 Å². The van der Waals surface area contributed by atoms with Crippen LogP contribution in [0.5, 0.6) is 11.5 Å². The lowest BCUT2D eigenvalue weighted by atomic mass is 10.1. The number of phenols is 1. The van der Waals surface area contributed by atoms with Gasteiger partial charge in [0.1, 0.15) is 34.1 Å². The number of nitrogens with zero attached hydrogens (tertiary/aromatic N) is 1. The van der Waals surface area contributed by atoms with Crippen LogP contribution in [-0.2, 0) is 6.54 Å². The number of methoxy groups -OCH3 is 1. The number of rotatable bonds is 5. The Labute approximate surface area is 165 Å². The zero-order valence-electron chi connectivity index (χ0n) is 15.6. The Hall–Kier alpha value is -4.00. The van der Waals surface area contributed by atoms with Gasteiger partial charge in [0, 0.05) is 11.5 Å². The molecule has 0 aliphatic carbocycles. The third-order valence-corrected chi connectivity index (χ3v) is 4.29. The van der Waals surface area contributed by atoms with Gasteiger partial charge in [-0.05, 0) is 42.5 Å². The first-order valence-corrected chi connectivity index (χ1v) is 8.89. The molecule has 2 N–H and O–H groups in total. The monoisotopic (exact) mass is 390 g/mol. The van der Waals surface area contributed by atoms with Crippen LogP contribution in [0.1, 0.15) is 16.1 Å². The summed E-state index contributed by atoms with van der Waals surface area (Å²) in [6.45, 7) is 0.230. The topological polar surface area (TPSA) is 97.2 Å². The quantitative estimate of drug-likeness (QED) is 0.539. The summed E-state index contributed by atoms with van der Waals surface area (Å²) in [4.78, 5) is 17.4. The van der Waals surface area contributed by atoms with Crippen molar-refractivity contribution in [3.8, 4) is 11.5 Å². The summed E-state index contributed by atoms with van der Waals surface area (Å²) < 4.78 is 16.5. The molecule has 146 valence electrons. The van der Waals surface area contributed by atoms with Crippen molar-refractivity contribution < 1.29 is 23.5 Å². The van der Waals surface area contributed by atoms with E-state index in [9.17, 15) is 9.90 Å². The number of carbonyl (C=O) groups excluding carboxylic acids is 1. The Balaban J connectivity index is 1.82. The highest BCUT2D eigenvalue weighted by Crippen LogP contribution is 2.26. The molecule has 0 atom stereocenters. The molecule has 2 aromatic carbocycles. The van der Waals surface area contributed by atoms with Crippen LogP contribution in [-0.4, -0.2) is 18.1 Å². The van der Waals surface area contributed by atoms with Crippen molar-refractivity contribution >= 4 is 22.6 Å². The average Bonchev–Trinajstić information content (AvgIpc) is 3.25. The van der Waals surface area contributed by atoms with Gasteiger partial charge in [-0.1, -0.05) is 12.1 Å². The molecule has 0 unspecified atom stereocenters.